The number of ether oxygens (including phenoxy) is 1. The summed E-state index contributed by atoms with van der Waals surface area (Å²) in [7, 11) is 0. The van der Waals surface area contributed by atoms with Gasteiger partial charge in [0.1, 0.15) is 5.75 Å². The molecule has 2 aromatic rings. The molecule has 0 radical (unpaired) electrons. The van der Waals surface area contributed by atoms with Crippen molar-refractivity contribution >= 4 is 22.9 Å². The summed E-state index contributed by atoms with van der Waals surface area (Å²) in [5, 5.41) is 12.1. The molecule has 0 saturated heterocycles. The topological polar surface area (TPSA) is 29.5 Å². The largest absolute Gasteiger partial charge is 0.493 e. The first-order chi connectivity index (χ1) is 8.78. The highest BCUT2D eigenvalue weighted by atomic mass is 35.5. The van der Waals surface area contributed by atoms with E-state index in [4.69, 9.17) is 16.3 Å². The fourth-order valence-electron chi connectivity index (χ4n) is 1.66. The molecule has 2 rings (SSSR count). The maximum Gasteiger partial charge on any atom is 0.120 e. The van der Waals surface area contributed by atoms with Crippen molar-refractivity contribution in [1.82, 2.24) is 0 Å². The molecule has 0 amide bonds. The van der Waals surface area contributed by atoms with E-state index in [9.17, 15) is 5.11 Å². The summed E-state index contributed by atoms with van der Waals surface area (Å²) in [5.74, 6) is 0.856. The molecule has 1 N–H and O–H groups in total. The smallest absolute Gasteiger partial charge is 0.120 e. The minimum Gasteiger partial charge on any atom is -0.493 e. The van der Waals surface area contributed by atoms with E-state index in [2.05, 4.69) is 6.07 Å². The Morgan fingerprint density at radius 3 is 2.83 bits per heavy atom. The number of hydrogen-bond acceptors (Lipinski definition) is 3. The standard InChI is InChI=1S/C14H15ClO2S/c15-12-3-1-4-13(8-12)17-10-11(9-16)7-14-5-2-6-18-14/h1-6,8,11,16H,7,9-10H2. The van der Waals surface area contributed by atoms with Gasteiger partial charge in [0, 0.05) is 22.4 Å². The van der Waals surface area contributed by atoms with Gasteiger partial charge in [-0.25, -0.2) is 0 Å². The summed E-state index contributed by atoms with van der Waals surface area (Å²) in [6, 6.07) is 11.4. The molecule has 18 heavy (non-hydrogen) atoms. The molecule has 4 heteroatoms. The molecule has 96 valence electrons. The third-order valence-corrected chi connectivity index (χ3v) is 3.74. The Kier molecular flexibility index (Phi) is 5.05. The minimum atomic E-state index is 0.114. The lowest BCUT2D eigenvalue weighted by atomic mass is 10.1. The number of aliphatic hydroxyl groups excluding tert-OH is 1. The predicted octanol–water partition coefficient (Wildman–Crippen LogP) is 3.63. The van der Waals surface area contributed by atoms with Gasteiger partial charge in [0.05, 0.1) is 6.61 Å². The molecular weight excluding hydrogens is 268 g/mol. The molecule has 0 spiro atoms. The van der Waals surface area contributed by atoms with E-state index in [-0.39, 0.29) is 12.5 Å². The first-order valence-electron chi connectivity index (χ1n) is 5.79. The van der Waals surface area contributed by atoms with Crippen LogP contribution in [0.15, 0.2) is 41.8 Å². The van der Waals surface area contributed by atoms with E-state index in [0.29, 0.717) is 11.6 Å². The zero-order valence-corrected chi connectivity index (χ0v) is 11.5. The number of thiophene rings is 1. The van der Waals surface area contributed by atoms with Crippen LogP contribution in [-0.4, -0.2) is 18.3 Å². The molecule has 1 unspecified atom stereocenters. The van der Waals surface area contributed by atoms with Crippen LogP contribution >= 0.6 is 22.9 Å². The highest BCUT2D eigenvalue weighted by molar-refractivity contribution is 7.09. The van der Waals surface area contributed by atoms with Crippen molar-refractivity contribution in [3.05, 3.63) is 51.7 Å². The molecule has 0 aliphatic carbocycles. The lowest BCUT2D eigenvalue weighted by Gasteiger charge is -2.14. The maximum absolute atomic E-state index is 9.36. The highest BCUT2D eigenvalue weighted by Crippen LogP contribution is 2.19. The molecule has 0 saturated carbocycles. The van der Waals surface area contributed by atoms with Crippen molar-refractivity contribution in [2.24, 2.45) is 5.92 Å². The first-order valence-corrected chi connectivity index (χ1v) is 7.05. The lowest BCUT2D eigenvalue weighted by molar-refractivity contribution is 0.163. The summed E-state index contributed by atoms with van der Waals surface area (Å²) < 4.78 is 5.65. The molecule has 0 bridgehead atoms. The quantitative estimate of drug-likeness (QED) is 0.877. The van der Waals surface area contributed by atoms with Crippen LogP contribution in [0, 0.1) is 5.92 Å². The summed E-state index contributed by atoms with van der Waals surface area (Å²) >= 11 is 7.58. The van der Waals surface area contributed by atoms with Crippen LogP contribution in [0.5, 0.6) is 5.75 Å². The SMILES string of the molecule is OCC(COc1cccc(Cl)c1)Cc1cccs1. The van der Waals surface area contributed by atoms with Crippen LogP contribution < -0.4 is 4.74 Å². The molecule has 2 nitrogen and oxygen atoms in total. The summed E-state index contributed by atoms with van der Waals surface area (Å²) in [4.78, 5) is 1.27. The first kappa shape index (κ1) is 13.4. The second kappa shape index (κ2) is 6.78. The van der Waals surface area contributed by atoms with Gasteiger partial charge >= 0.3 is 0 Å². The Hall–Kier alpha value is -1.03. The molecule has 0 aliphatic heterocycles. The van der Waals surface area contributed by atoms with E-state index >= 15 is 0 Å². The second-order valence-electron chi connectivity index (χ2n) is 4.10. The minimum absolute atomic E-state index is 0.114. The van der Waals surface area contributed by atoms with Gasteiger partial charge in [-0.1, -0.05) is 23.7 Å². The Labute approximate surface area is 116 Å². The van der Waals surface area contributed by atoms with Gasteiger partial charge in [0.15, 0.2) is 0 Å². The lowest BCUT2D eigenvalue weighted by Crippen LogP contribution is -2.18. The van der Waals surface area contributed by atoms with E-state index in [1.54, 1.807) is 17.4 Å². The van der Waals surface area contributed by atoms with Crippen LogP contribution in [-0.2, 0) is 6.42 Å². The molecule has 0 fully saturated rings. The summed E-state index contributed by atoms with van der Waals surface area (Å²) in [6.07, 6.45) is 0.842. The Morgan fingerprint density at radius 1 is 1.28 bits per heavy atom. The van der Waals surface area contributed by atoms with E-state index in [1.165, 1.54) is 4.88 Å². The van der Waals surface area contributed by atoms with Gasteiger partial charge in [-0.3, -0.25) is 0 Å². The van der Waals surface area contributed by atoms with Gasteiger partial charge in [-0.15, -0.1) is 11.3 Å². The Bertz CT molecular complexity index is 470. The van der Waals surface area contributed by atoms with Crippen molar-refractivity contribution in [3.8, 4) is 5.75 Å². The highest BCUT2D eigenvalue weighted by Gasteiger charge is 2.10. The third kappa shape index (κ3) is 4.02. The van der Waals surface area contributed by atoms with Crippen LogP contribution in [0.1, 0.15) is 4.88 Å². The Balaban J connectivity index is 1.87. The zero-order chi connectivity index (χ0) is 12.8. The zero-order valence-electron chi connectivity index (χ0n) is 9.88. The average molecular weight is 283 g/mol. The van der Waals surface area contributed by atoms with E-state index < -0.39 is 0 Å². The van der Waals surface area contributed by atoms with Crippen LogP contribution in [0.4, 0.5) is 0 Å². The van der Waals surface area contributed by atoms with Crippen molar-refractivity contribution in [2.45, 2.75) is 6.42 Å². The number of benzene rings is 1. The summed E-state index contributed by atoms with van der Waals surface area (Å²) in [6.45, 7) is 0.618. The molecule has 1 aromatic heterocycles. The van der Waals surface area contributed by atoms with E-state index in [1.807, 2.05) is 29.6 Å². The van der Waals surface area contributed by atoms with Crippen molar-refractivity contribution in [1.29, 1.82) is 0 Å². The fourth-order valence-corrected chi connectivity index (χ4v) is 2.66. The van der Waals surface area contributed by atoms with Gasteiger partial charge in [-0.2, -0.15) is 0 Å². The van der Waals surface area contributed by atoms with Gasteiger partial charge in [0.2, 0.25) is 0 Å². The monoisotopic (exact) mass is 282 g/mol. The van der Waals surface area contributed by atoms with Gasteiger partial charge in [-0.05, 0) is 36.1 Å². The van der Waals surface area contributed by atoms with Crippen LogP contribution in [0.25, 0.3) is 0 Å². The normalized spacial score (nSPS) is 12.3. The number of rotatable bonds is 6. The molecular formula is C14H15ClO2S. The van der Waals surface area contributed by atoms with Gasteiger partial charge in [0.25, 0.3) is 0 Å². The summed E-state index contributed by atoms with van der Waals surface area (Å²) in [5.41, 5.74) is 0. The van der Waals surface area contributed by atoms with Crippen molar-refractivity contribution < 1.29 is 9.84 Å². The maximum atomic E-state index is 9.36. The second-order valence-corrected chi connectivity index (χ2v) is 5.57. The molecule has 1 heterocycles. The Morgan fingerprint density at radius 2 is 2.17 bits per heavy atom. The fraction of sp³-hybridized carbons (Fsp3) is 0.286. The van der Waals surface area contributed by atoms with E-state index in [0.717, 1.165) is 12.2 Å². The van der Waals surface area contributed by atoms with Crippen LogP contribution in [0.2, 0.25) is 5.02 Å². The predicted molar refractivity (Wildman–Crippen MR) is 75.5 cm³/mol. The van der Waals surface area contributed by atoms with Crippen molar-refractivity contribution in [2.75, 3.05) is 13.2 Å². The number of halogens is 1. The molecule has 1 atom stereocenters. The average Bonchev–Trinajstić information content (AvgIpc) is 2.87. The molecule has 1 aromatic carbocycles. The third-order valence-electron chi connectivity index (χ3n) is 2.61. The van der Waals surface area contributed by atoms with Crippen molar-refractivity contribution in [3.63, 3.8) is 0 Å². The van der Waals surface area contributed by atoms with Gasteiger partial charge < -0.3 is 9.84 Å². The number of aliphatic hydroxyl groups is 1. The molecule has 0 aliphatic rings. The number of hydrogen-bond donors (Lipinski definition) is 1. The van der Waals surface area contributed by atoms with Crippen LogP contribution in [0.3, 0.4) is 0 Å².